The molecule has 3 aromatic rings. The first-order valence-corrected chi connectivity index (χ1v) is 10.6. The van der Waals surface area contributed by atoms with Crippen molar-refractivity contribution in [2.75, 3.05) is 31.0 Å². The number of ether oxygens (including phenoxy) is 3. The molecule has 0 atom stereocenters. The number of carbonyl (C=O) groups excluding carboxylic acids is 3. The number of non-ortho nitro benzene ring substituents is 1. The van der Waals surface area contributed by atoms with E-state index in [0.29, 0.717) is 28.4 Å². The van der Waals surface area contributed by atoms with Gasteiger partial charge in [-0.05, 0) is 55.0 Å². The molecular formula is C25H23N3O8. The molecule has 186 valence electrons. The molecule has 0 aliphatic carbocycles. The maximum Gasteiger partial charge on any atom is 0.338 e. The lowest BCUT2D eigenvalue weighted by Gasteiger charge is -2.10. The van der Waals surface area contributed by atoms with Crippen LogP contribution in [0.2, 0.25) is 0 Å². The van der Waals surface area contributed by atoms with E-state index in [4.69, 9.17) is 14.2 Å². The zero-order chi connectivity index (χ0) is 26.1. The molecule has 0 heterocycles. The minimum atomic E-state index is -0.729. The van der Waals surface area contributed by atoms with Crippen LogP contribution >= 0.6 is 0 Å². The molecule has 0 aliphatic rings. The summed E-state index contributed by atoms with van der Waals surface area (Å²) in [6.07, 6.45) is 0. The van der Waals surface area contributed by atoms with Crippen molar-refractivity contribution < 1.29 is 33.5 Å². The molecule has 0 saturated carbocycles. The summed E-state index contributed by atoms with van der Waals surface area (Å²) in [4.78, 5) is 46.7. The maximum atomic E-state index is 12.2. The van der Waals surface area contributed by atoms with E-state index in [1.807, 2.05) is 0 Å². The molecule has 0 unspecified atom stereocenters. The number of nitrogens with one attached hydrogen (secondary N) is 2. The number of hydrogen-bond acceptors (Lipinski definition) is 8. The van der Waals surface area contributed by atoms with Crippen LogP contribution in [-0.2, 0) is 14.3 Å². The number of rotatable bonds is 10. The van der Waals surface area contributed by atoms with Crippen LogP contribution in [0.5, 0.6) is 11.5 Å². The minimum absolute atomic E-state index is 0.0955. The predicted octanol–water partition coefficient (Wildman–Crippen LogP) is 3.72. The zero-order valence-corrected chi connectivity index (χ0v) is 19.5. The number of methoxy groups -OCH3 is 1. The van der Waals surface area contributed by atoms with Crippen LogP contribution in [-0.4, -0.2) is 43.0 Å². The van der Waals surface area contributed by atoms with E-state index in [0.717, 1.165) is 0 Å². The first-order valence-electron chi connectivity index (χ1n) is 10.6. The second-order valence-corrected chi connectivity index (χ2v) is 7.47. The van der Waals surface area contributed by atoms with Gasteiger partial charge in [0.05, 0.1) is 17.6 Å². The van der Waals surface area contributed by atoms with E-state index in [1.54, 1.807) is 31.2 Å². The Hall–Kier alpha value is -4.93. The van der Waals surface area contributed by atoms with Crippen molar-refractivity contribution in [2.24, 2.45) is 0 Å². The van der Waals surface area contributed by atoms with Gasteiger partial charge in [0, 0.05) is 29.6 Å². The molecule has 11 nitrogen and oxygen atoms in total. The Balaban J connectivity index is 1.45. The lowest BCUT2D eigenvalue weighted by atomic mass is 10.2. The van der Waals surface area contributed by atoms with Gasteiger partial charge in [-0.2, -0.15) is 0 Å². The summed E-state index contributed by atoms with van der Waals surface area (Å²) < 4.78 is 15.5. The summed E-state index contributed by atoms with van der Waals surface area (Å²) >= 11 is 0. The van der Waals surface area contributed by atoms with Crippen molar-refractivity contribution in [3.63, 3.8) is 0 Å². The highest BCUT2D eigenvalue weighted by Gasteiger charge is 2.14. The smallest absolute Gasteiger partial charge is 0.338 e. The highest BCUT2D eigenvalue weighted by Crippen LogP contribution is 2.21. The largest absolute Gasteiger partial charge is 0.497 e. The van der Waals surface area contributed by atoms with Crippen LogP contribution in [0, 0.1) is 17.0 Å². The summed E-state index contributed by atoms with van der Waals surface area (Å²) in [6.45, 7) is 0.821. The molecule has 0 spiro atoms. The molecule has 0 radical (unpaired) electrons. The van der Waals surface area contributed by atoms with E-state index in [2.05, 4.69) is 10.6 Å². The Morgan fingerprint density at radius 2 is 1.61 bits per heavy atom. The van der Waals surface area contributed by atoms with Crippen molar-refractivity contribution in [1.82, 2.24) is 0 Å². The maximum absolute atomic E-state index is 12.2. The van der Waals surface area contributed by atoms with Gasteiger partial charge < -0.3 is 24.8 Å². The summed E-state index contributed by atoms with van der Waals surface area (Å²) in [5.41, 5.74) is 1.52. The summed E-state index contributed by atoms with van der Waals surface area (Å²) in [7, 11) is 1.53. The standard InChI is InChI=1S/C25H23N3O8/c1-16-12-19(28(32)33)8-11-22(16)27-24(30)15-36-25(31)17-6-9-20(10-7-17)35-14-23(29)26-18-4-3-5-21(13-18)34-2/h3-13H,14-15H2,1-2H3,(H,26,29)(H,27,30). The van der Waals surface area contributed by atoms with Crippen molar-refractivity contribution in [2.45, 2.75) is 6.92 Å². The molecular weight excluding hydrogens is 470 g/mol. The van der Waals surface area contributed by atoms with Gasteiger partial charge in [0.1, 0.15) is 11.5 Å². The molecule has 3 rings (SSSR count). The Kier molecular flexibility index (Phi) is 8.54. The van der Waals surface area contributed by atoms with Crippen molar-refractivity contribution >= 4 is 34.8 Å². The number of nitrogens with zero attached hydrogens (tertiary/aromatic N) is 1. The normalized spacial score (nSPS) is 10.2. The van der Waals surface area contributed by atoms with E-state index in [9.17, 15) is 24.5 Å². The van der Waals surface area contributed by atoms with E-state index >= 15 is 0 Å². The lowest BCUT2D eigenvalue weighted by Crippen LogP contribution is -2.21. The number of carbonyl (C=O) groups is 3. The van der Waals surface area contributed by atoms with E-state index in [-0.39, 0.29) is 23.8 Å². The molecule has 36 heavy (non-hydrogen) atoms. The first-order chi connectivity index (χ1) is 17.2. The van der Waals surface area contributed by atoms with Crippen molar-refractivity contribution in [3.8, 4) is 11.5 Å². The van der Waals surface area contributed by atoms with Gasteiger partial charge in [0.25, 0.3) is 17.5 Å². The molecule has 2 amide bonds. The zero-order valence-electron chi connectivity index (χ0n) is 19.5. The van der Waals surface area contributed by atoms with Gasteiger partial charge in [-0.1, -0.05) is 6.07 Å². The number of amides is 2. The third kappa shape index (κ3) is 7.29. The van der Waals surface area contributed by atoms with Crippen molar-refractivity contribution in [1.29, 1.82) is 0 Å². The molecule has 0 saturated heterocycles. The van der Waals surface area contributed by atoms with Gasteiger partial charge in [-0.15, -0.1) is 0 Å². The number of nitro groups is 1. The van der Waals surface area contributed by atoms with Gasteiger partial charge in [-0.3, -0.25) is 19.7 Å². The fraction of sp³-hybridized carbons (Fsp3) is 0.160. The molecule has 0 aliphatic heterocycles. The fourth-order valence-corrected chi connectivity index (χ4v) is 3.04. The molecule has 2 N–H and O–H groups in total. The Bertz CT molecular complexity index is 1270. The SMILES string of the molecule is COc1cccc(NC(=O)COc2ccc(C(=O)OCC(=O)Nc3ccc([N+](=O)[O-])cc3C)cc2)c1. The lowest BCUT2D eigenvalue weighted by molar-refractivity contribution is -0.384. The van der Waals surface area contributed by atoms with Gasteiger partial charge in [0.2, 0.25) is 0 Å². The number of nitro benzene ring substituents is 1. The van der Waals surface area contributed by atoms with Crippen molar-refractivity contribution in [3.05, 3.63) is 88.0 Å². The second-order valence-electron chi connectivity index (χ2n) is 7.47. The predicted molar refractivity (Wildman–Crippen MR) is 130 cm³/mol. The monoisotopic (exact) mass is 493 g/mol. The average Bonchev–Trinajstić information content (AvgIpc) is 2.87. The molecule has 0 aromatic heterocycles. The highest BCUT2D eigenvalue weighted by atomic mass is 16.6. The van der Waals surface area contributed by atoms with Crippen LogP contribution < -0.4 is 20.1 Å². The number of anilines is 2. The number of hydrogen-bond donors (Lipinski definition) is 2. The van der Waals surface area contributed by atoms with Crippen LogP contribution in [0.25, 0.3) is 0 Å². The van der Waals surface area contributed by atoms with Crippen LogP contribution in [0.3, 0.4) is 0 Å². The summed E-state index contributed by atoms with van der Waals surface area (Å²) in [5, 5.41) is 16.0. The number of aryl methyl sites for hydroxylation is 1. The second kappa shape index (κ2) is 12.0. The summed E-state index contributed by atoms with van der Waals surface area (Å²) in [5.74, 6) is -0.731. The van der Waals surface area contributed by atoms with E-state index in [1.165, 1.54) is 49.6 Å². The Morgan fingerprint density at radius 1 is 0.889 bits per heavy atom. The molecule has 3 aromatic carbocycles. The Labute approximate surface area is 206 Å². The topological polar surface area (TPSA) is 146 Å². The van der Waals surface area contributed by atoms with Gasteiger partial charge in [-0.25, -0.2) is 4.79 Å². The van der Waals surface area contributed by atoms with Gasteiger partial charge in [0.15, 0.2) is 13.2 Å². The number of benzene rings is 3. The van der Waals surface area contributed by atoms with Gasteiger partial charge >= 0.3 is 5.97 Å². The van der Waals surface area contributed by atoms with Crippen LogP contribution in [0.4, 0.5) is 17.1 Å². The van der Waals surface area contributed by atoms with E-state index < -0.39 is 23.4 Å². The minimum Gasteiger partial charge on any atom is -0.497 e. The molecule has 0 bridgehead atoms. The molecule has 11 heteroatoms. The van der Waals surface area contributed by atoms with Crippen LogP contribution in [0.1, 0.15) is 15.9 Å². The fourth-order valence-electron chi connectivity index (χ4n) is 3.04. The highest BCUT2D eigenvalue weighted by molar-refractivity contribution is 5.96. The summed E-state index contributed by atoms with van der Waals surface area (Å²) in [6, 6.07) is 16.8. The average molecular weight is 493 g/mol. The Morgan fingerprint density at radius 3 is 2.28 bits per heavy atom. The quantitative estimate of drug-likeness (QED) is 0.247. The number of esters is 1. The third-order valence-corrected chi connectivity index (χ3v) is 4.84. The van der Waals surface area contributed by atoms with Crippen LogP contribution in [0.15, 0.2) is 66.7 Å². The molecule has 0 fully saturated rings. The third-order valence-electron chi connectivity index (χ3n) is 4.84. The first kappa shape index (κ1) is 25.7.